The molecule has 1 aromatic carbocycles. The van der Waals surface area contributed by atoms with E-state index < -0.39 is 0 Å². The number of halogens is 2. The van der Waals surface area contributed by atoms with Crippen LogP contribution in [0.5, 0.6) is 0 Å². The van der Waals surface area contributed by atoms with Gasteiger partial charge in [-0.05, 0) is 52.7 Å². The van der Waals surface area contributed by atoms with Crippen LogP contribution in [-0.2, 0) is 6.42 Å². The molecule has 3 heterocycles. The summed E-state index contributed by atoms with van der Waals surface area (Å²) in [5, 5.41) is 8.26. The molecule has 2 aromatic heterocycles. The Morgan fingerprint density at radius 1 is 1.05 bits per heavy atom. The Labute approximate surface area is 144 Å². The van der Waals surface area contributed by atoms with Crippen LogP contribution in [0.1, 0.15) is 5.56 Å². The molecule has 1 aliphatic rings. The largest absolute Gasteiger partial charge is 0.369 e. The van der Waals surface area contributed by atoms with Gasteiger partial charge in [-0.25, -0.2) is 4.68 Å². The minimum absolute atomic E-state index is 0.943. The van der Waals surface area contributed by atoms with Crippen molar-refractivity contribution in [2.24, 2.45) is 0 Å². The third kappa shape index (κ3) is 2.36. The fraction of sp³-hybridized carbons (Fsp3) is 0.125. The summed E-state index contributed by atoms with van der Waals surface area (Å²) in [4.78, 5) is 4.26. The highest BCUT2D eigenvalue weighted by atomic mass is 79.9. The second kappa shape index (κ2) is 5.52. The molecule has 0 bridgehead atoms. The zero-order valence-electron chi connectivity index (χ0n) is 11.6. The van der Waals surface area contributed by atoms with Gasteiger partial charge in [0.05, 0.1) is 11.4 Å². The Bertz CT molecular complexity index is 840. The van der Waals surface area contributed by atoms with E-state index in [1.54, 1.807) is 6.20 Å². The lowest BCUT2D eigenvalue weighted by molar-refractivity contribution is 0.882. The Morgan fingerprint density at radius 3 is 2.64 bits per heavy atom. The normalized spacial score (nSPS) is 13.0. The first-order chi connectivity index (χ1) is 10.7. The van der Waals surface area contributed by atoms with E-state index in [1.807, 2.05) is 23.0 Å². The number of hydrogen-bond acceptors (Lipinski definition) is 3. The van der Waals surface area contributed by atoms with E-state index in [9.17, 15) is 0 Å². The number of pyridine rings is 1. The van der Waals surface area contributed by atoms with Crippen molar-refractivity contribution in [1.29, 1.82) is 0 Å². The van der Waals surface area contributed by atoms with Crippen molar-refractivity contribution in [1.82, 2.24) is 14.8 Å². The minimum Gasteiger partial charge on any atom is -0.369 e. The van der Waals surface area contributed by atoms with Gasteiger partial charge in [0.25, 0.3) is 0 Å². The molecule has 0 saturated carbocycles. The Hall–Kier alpha value is -1.66. The highest BCUT2D eigenvalue weighted by Crippen LogP contribution is 2.35. The Kier molecular flexibility index (Phi) is 3.50. The van der Waals surface area contributed by atoms with Crippen molar-refractivity contribution in [3.05, 3.63) is 57.2 Å². The minimum atomic E-state index is 0.943. The van der Waals surface area contributed by atoms with Gasteiger partial charge in [0.1, 0.15) is 5.82 Å². The predicted molar refractivity (Wildman–Crippen MR) is 94.4 cm³/mol. The molecule has 4 nitrogen and oxygen atoms in total. The third-order valence-electron chi connectivity index (χ3n) is 3.70. The lowest BCUT2D eigenvalue weighted by Gasteiger charge is -2.06. The molecule has 110 valence electrons. The van der Waals surface area contributed by atoms with E-state index in [2.05, 4.69) is 60.4 Å². The van der Waals surface area contributed by atoms with E-state index >= 15 is 0 Å². The first-order valence-corrected chi connectivity index (χ1v) is 8.53. The van der Waals surface area contributed by atoms with Crippen molar-refractivity contribution < 1.29 is 0 Å². The van der Waals surface area contributed by atoms with Crippen LogP contribution in [0.25, 0.3) is 16.9 Å². The first kappa shape index (κ1) is 14.0. The number of nitrogens with one attached hydrogen (secondary N) is 1. The fourth-order valence-electron chi connectivity index (χ4n) is 2.72. The molecule has 0 unspecified atom stereocenters. The molecular weight excluding hydrogens is 408 g/mol. The molecule has 22 heavy (non-hydrogen) atoms. The van der Waals surface area contributed by atoms with Gasteiger partial charge >= 0.3 is 0 Å². The maximum atomic E-state index is 4.82. The molecule has 4 rings (SSSR count). The van der Waals surface area contributed by atoms with E-state index in [0.717, 1.165) is 44.7 Å². The van der Waals surface area contributed by atoms with E-state index in [-0.39, 0.29) is 0 Å². The number of hydrogen-bond donors (Lipinski definition) is 1. The second-order valence-electron chi connectivity index (χ2n) is 5.13. The molecule has 1 N–H and O–H groups in total. The van der Waals surface area contributed by atoms with Crippen molar-refractivity contribution in [2.45, 2.75) is 6.42 Å². The van der Waals surface area contributed by atoms with Gasteiger partial charge in [-0.2, -0.15) is 5.10 Å². The molecule has 0 amide bonds. The number of aromatic nitrogens is 3. The fourth-order valence-corrected chi connectivity index (χ4v) is 3.35. The molecule has 3 aromatic rings. The number of benzene rings is 1. The summed E-state index contributed by atoms with van der Waals surface area (Å²) in [5.41, 5.74) is 4.33. The van der Waals surface area contributed by atoms with Crippen LogP contribution < -0.4 is 5.32 Å². The molecule has 6 heteroatoms. The predicted octanol–water partition coefficient (Wildman–Crippen LogP) is 4.43. The smallest absolute Gasteiger partial charge is 0.133 e. The van der Waals surface area contributed by atoms with E-state index in [0.29, 0.717) is 0 Å². The molecule has 0 aliphatic carbocycles. The number of nitrogens with zero attached hydrogens (tertiary/aromatic N) is 3. The van der Waals surface area contributed by atoms with Gasteiger partial charge in [-0.3, -0.25) is 4.98 Å². The highest BCUT2D eigenvalue weighted by molar-refractivity contribution is 9.10. The third-order valence-corrected chi connectivity index (χ3v) is 4.66. The second-order valence-corrected chi connectivity index (χ2v) is 6.96. The summed E-state index contributed by atoms with van der Waals surface area (Å²) in [6.45, 7) is 0.943. The van der Waals surface area contributed by atoms with Gasteiger partial charge in [-0.1, -0.05) is 15.9 Å². The summed E-state index contributed by atoms with van der Waals surface area (Å²) in [6.07, 6.45) is 4.62. The molecule has 0 spiro atoms. The average Bonchev–Trinajstić information content (AvgIpc) is 3.10. The summed E-state index contributed by atoms with van der Waals surface area (Å²) >= 11 is 6.95. The zero-order chi connectivity index (χ0) is 15.1. The van der Waals surface area contributed by atoms with Gasteiger partial charge < -0.3 is 5.32 Å². The van der Waals surface area contributed by atoms with Crippen molar-refractivity contribution in [2.75, 3.05) is 11.9 Å². The summed E-state index contributed by atoms with van der Waals surface area (Å²) in [5.74, 6) is 1.08. The van der Waals surface area contributed by atoms with E-state index in [1.165, 1.54) is 5.56 Å². The molecule has 0 atom stereocenters. The number of fused-ring (bicyclic) bond motifs is 1. The summed E-state index contributed by atoms with van der Waals surface area (Å²) in [7, 11) is 0. The van der Waals surface area contributed by atoms with Crippen LogP contribution in [0.4, 0.5) is 5.82 Å². The van der Waals surface area contributed by atoms with Crippen LogP contribution in [0.3, 0.4) is 0 Å². The summed E-state index contributed by atoms with van der Waals surface area (Å²) in [6, 6.07) is 10.2. The summed E-state index contributed by atoms with van der Waals surface area (Å²) < 4.78 is 4.00. The number of rotatable bonds is 2. The van der Waals surface area contributed by atoms with E-state index in [4.69, 9.17) is 5.10 Å². The van der Waals surface area contributed by atoms with Crippen LogP contribution in [0.15, 0.2) is 51.7 Å². The van der Waals surface area contributed by atoms with Crippen molar-refractivity contribution in [3.63, 3.8) is 0 Å². The van der Waals surface area contributed by atoms with Crippen LogP contribution >= 0.6 is 31.9 Å². The maximum Gasteiger partial charge on any atom is 0.133 e. The topological polar surface area (TPSA) is 42.7 Å². The molecule has 1 aliphatic heterocycles. The van der Waals surface area contributed by atoms with Gasteiger partial charge in [0.15, 0.2) is 0 Å². The van der Waals surface area contributed by atoms with Crippen LogP contribution in [0.2, 0.25) is 0 Å². The van der Waals surface area contributed by atoms with Gasteiger partial charge in [0.2, 0.25) is 0 Å². The van der Waals surface area contributed by atoms with Crippen LogP contribution in [-0.4, -0.2) is 21.3 Å². The SMILES string of the molecule is Brc1ccc(-n2nc(-c3cncc(Br)c3)c3c2NCC3)cc1. The lowest BCUT2D eigenvalue weighted by Crippen LogP contribution is -2.04. The number of anilines is 1. The average molecular weight is 420 g/mol. The molecular formula is C16H12Br2N4. The highest BCUT2D eigenvalue weighted by Gasteiger charge is 2.24. The quantitative estimate of drug-likeness (QED) is 0.668. The van der Waals surface area contributed by atoms with Crippen molar-refractivity contribution in [3.8, 4) is 16.9 Å². The van der Waals surface area contributed by atoms with Gasteiger partial charge in [0, 0.05) is 39.0 Å². The standard InChI is InChI=1S/C16H12Br2N4/c17-11-1-3-13(4-2-11)22-16-14(5-6-20-16)15(21-22)10-7-12(18)9-19-8-10/h1-4,7-9,20H,5-6H2. The maximum absolute atomic E-state index is 4.82. The van der Waals surface area contributed by atoms with Crippen molar-refractivity contribution >= 4 is 37.7 Å². The van der Waals surface area contributed by atoms with Crippen LogP contribution in [0, 0.1) is 0 Å². The van der Waals surface area contributed by atoms with Gasteiger partial charge in [-0.15, -0.1) is 0 Å². The Balaban J connectivity index is 1.88. The lowest BCUT2D eigenvalue weighted by atomic mass is 10.1. The molecule has 0 radical (unpaired) electrons. The monoisotopic (exact) mass is 418 g/mol. The Morgan fingerprint density at radius 2 is 1.86 bits per heavy atom. The zero-order valence-corrected chi connectivity index (χ0v) is 14.7. The first-order valence-electron chi connectivity index (χ1n) is 6.95. The molecule has 0 saturated heterocycles. The molecule has 0 fully saturated rings.